The second kappa shape index (κ2) is 6.05. The number of hydrogen-bond donors (Lipinski definition) is 1. The summed E-state index contributed by atoms with van der Waals surface area (Å²) in [6, 6.07) is 15.4. The average molecular weight is 384 g/mol. The highest BCUT2D eigenvalue weighted by Crippen LogP contribution is 2.32. The molecule has 3 heterocycles. The van der Waals surface area contributed by atoms with E-state index in [9.17, 15) is 0 Å². The summed E-state index contributed by atoms with van der Waals surface area (Å²) >= 11 is 3.51. The Bertz CT molecular complexity index is 976. The standard InChI is InChI=1S/C18H14BrN3O2/c1-23-14-7-5-13(6-8-14)20-18-17(15-3-2-10-24-15)21-16-9-4-12(19)11-22(16)18/h2-11,20H,1H3. The molecule has 0 radical (unpaired) electrons. The number of halogens is 1. The lowest BCUT2D eigenvalue weighted by Gasteiger charge is -2.09. The number of fused-ring (bicyclic) bond motifs is 1. The molecular formula is C18H14BrN3O2. The summed E-state index contributed by atoms with van der Waals surface area (Å²) in [5, 5.41) is 3.43. The number of nitrogens with one attached hydrogen (secondary N) is 1. The van der Waals surface area contributed by atoms with E-state index in [-0.39, 0.29) is 0 Å². The van der Waals surface area contributed by atoms with Crippen LogP contribution in [0, 0.1) is 0 Å². The molecular weight excluding hydrogens is 370 g/mol. The van der Waals surface area contributed by atoms with Crippen LogP contribution in [-0.4, -0.2) is 16.5 Å². The van der Waals surface area contributed by atoms with Crippen molar-refractivity contribution in [3.8, 4) is 17.2 Å². The number of aromatic nitrogens is 2. The zero-order valence-corrected chi connectivity index (χ0v) is 14.4. The van der Waals surface area contributed by atoms with Gasteiger partial charge in [-0.1, -0.05) is 0 Å². The highest BCUT2D eigenvalue weighted by Gasteiger charge is 2.16. The minimum absolute atomic E-state index is 0.714. The molecule has 3 aromatic heterocycles. The number of methoxy groups -OCH3 is 1. The SMILES string of the molecule is COc1ccc(Nc2c(-c3ccco3)nc3ccc(Br)cn23)cc1. The molecule has 1 N–H and O–H groups in total. The number of benzene rings is 1. The third-order valence-corrected chi connectivity index (χ3v) is 4.16. The molecule has 6 heteroatoms. The fraction of sp³-hybridized carbons (Fsp3) is 0.0556. The van der Waals surface area contributed by atoms with Crippen molar-refractivity contribution in [1.29, 1.82) is 0 Å². The van der Waals surface area contributed by atoms with Gasteiger partial charge in [0.05, 0.1) is 13.4 Å². The fourth-order valence-corrected chi connectivity index (χ4v) is 2.87. The van der Waals surface area contributed by atoms with Gasteiger partial charge in [0.1, 0.15) is 22.9 Å². The number of imidazole rings is 1. The Kier molecular flexibility index (Phi) is 3.74. The highest BCUT2D eigenvalue weighted by molar-refractivity contribution is 9.10. The molecule has 0 aliphatic carbocycles. The molecule has 0 bridgehead atoms. The number of pyridine rings is 1. The second-order valence-electron chi connectivity index (χ2n) is 5.22. The monoisotopic (exact) mass is 383 g/mol. The van der Waals surface area contributed by atoms with Crippen LogP contribution in [-0.2, 0) is 0 Å². The van der Waals surface area contributed by atoms with Crippen molar-refractivity contribution in [2.75, 3.05) is 12.4 Å². The number of nitrogens with zero attached hydrogens (tertiary/aromatic N) is 2. The van der Waals surface area contributed by atoms with E-state index in [1.807, 2.05) is 59.1 Å². The third-order valence-electron chi connectivity index (χ3n) is 3.69. The molecule has 4 aromatic rings. The summed E-state index contributed by atoms with van der Waals surface area (Å²) in [4.78, 5) is 4.69. The van der Waals surface area contributed by atoms with Crippen molar-refractivity contribution < 1.29 is 9.15 Å². The van der Waals surface area contributed by atoms with E-state index in [4.69, 9.17) is 9.15 Å². The molecule has 0 aliphatic rings. The fourth-order valence-electron chi connectivity index (χ4n) is 2.53. The average Bonchev–Trinajstić information content (AvgIpc) is 3.24. The normalized spacial score (nSPS) is 10.9. The summed E-state index contributed by atoms with van der Waals surface area (Å²) < 4.78 is 13.7. The Morgan fingerprint density at radius 2 is 1.96 bits per heavy atom. The number of anilines is 2. The largest absolute Gasteiger partial charge is 0.497 e. The first-order valence-corrected chi connectivity index (χ1v) is 8.16. The van der Waals surface area contributed by atoms with Crippen LogP contribution in [0.5, 0.6) is 5.75 Å². The topological polar surface area (TPSA) is 51.7 Å². The number of hydrogen-bond acceptors (Lipinski definition) is 4. The minimum Gasteiger partial charge on any atom is -0.497 e. The van der Waals surface area contributed by atoms with Crippen molar-refractivity contribution >= 4 is 33.1 Å². The summed E-state index contributed by atoms with van der Waals surface area (Å²) in [7, 11) is 1.65. The van der Waals surface area contributed by atoms with Gasteiger partial charge in [0.15, 0.2) is 5.76 Å². The van der Waals surface area contributed by atoms with Crippen LogP contribution in [0.25, 0.3) is 17.1 Å². The van der Waals surface area contributed by atoms with Gasteiger partial charge >= 0.3 is 0 Å². The Hall–Kier alpha value is -2.73. The van der Waals surface area contributed by atoms with Gasteiger partial charge in [-0.25, -0.2) is 4.98 Å². The van der Waals surface area contributed by atoms with E-state index < -0.39 is 0 Å². The maximum atomic E-state index is 5.55. The van der Waals surface area contributed by atoms with Gasteiger partial charge < -0.3 is 14.5 Å². The van der Waals surface area contributed by atoms with Crippen molar-refractivity contribution in [1.82, 2.24) is 9.38 Å². The zero-order chi connectivity index (χ0) is 16.5. The first-order valence-electron chi connectivity index (χ1n) is 7.37. The van der Waals surface area contributed by atoms with E-state index in [2.05, 4.69) is 26.2 Å². The van der Waals surface area contributed by atoms with Crippen LogP contribution in [0.3, 0.4) is 0 Å². The van der Waals surface area contributed by atoms with E-state index in [0.717, 1.165) is 33.1 Å². The molecule has 0 unspecified atom stereocenters. The minimum atomic E-state index is 0.714. The van der Waals surface area contributed by atoms with Crippen molar-refractivity contribution in [3.63, 3.8) is 0 Å². The Labute approximate surface area is 147 Å². The number of furan rings is 1. The molecule has 5 nitrogen and oxygen atoms in total. The summed E-state index contributed by atoms with van der Waals surface area (Å²) in [6.45, 7) is 0. The van der Waals surface area contributed by atoms with Crippen LogP contribution in [0.15, 0.2) is 69.9 Å². The Morgan fingerprint density at radius 3 is 2.67 bits per heavy atom. The first kappa shape index (κ1) is 14.8. The predicted octanol–water partition coefficient (Wildman–Crippen LogP) is 5.11. The predicted molar refractivity (Wildman–Crippen MR) is 96.9 cm³/mol. The molecule has 0 saturated heterocycles. The lowest BCUT2D eigenvalue weighted by molar-refractivity contribution is 0.415. The summed E-state index contributed by atoms with van der Waals surface area (Å²) in [6.07, 6.45) is 3.62. The van der Waals surface area contributed by atoms with E-state index in [1.165, 1.54) is 0 Å². The molecule has 120 valence electrons. The number of rotatable bonds is 4. The maximum Gasteiger partial charge on any atom is 0.156 e. The molecule has 0 aliphatic heterocycles. The van der Waals surface area contributed by atoms with Gasteiger partial charge in [0, 0.05) is 16.4 Å². The second-order valence-corrected chi connectivity index (χ2v) is 6.13. The van der Waals surface area contributed by atoms with E-state index >= 15 is 0 Å². The molecule has 0 fully saturated rings. The van der Waals surface area contributed by atoms with Crippen molar-refractivity contribution in [3.05, 3.63) is 65.5 Å². The lowest BCUT2D eigenvalue weighted by atomic mass is 10.3. The van der Waals surface area contributed by atoms with Crippen LogP contribution < -0.4 is 10.1 Å². The lowest BCUT2D eigenvalue weighted by Crippen LogP contribution is -1.97. The highest BCUT2D eigenvalue weighted by atomic mass is 79.9. The van der Waals surface area contributed by atoms with Gasteiger partial charge in [0.2, 0.25) is 0 Å². The third kappa shape index (κ3) is 2.65. The molecule has 0 saturated carbocycles. The van der Waals surface area contributed by atoms with Crippen LogP contribution in [0.1, 0.15) is 0 Å². The molecule has 24 heavy (non-hydrogen) atoms. The Morgan fingerprint density at radius 1 is 1.12 bits per heavy atom. The summed E-state index contributed by atoms with van der Waals surface area (Å²) in [5.41, 5.74) is 2.53. The van der Waals surface area contributed by atoms with Crippen LogP contribution in [0.4, 0.5) is 11.5 Å². The smallest absolute Gasteiger partial charge is 0.156 e. The molecule has 4 rings (SSSR count). The molecule has 0 atom stereocenters. The summed E-state index contributed by atoms with van der Waals surface area (Å²) in [5.74, 6) is 2.37. The molecule has 0 amide bonds. The van der Waals surface area contributed by atoms with Crippen LogP contribution in [0.2, 0.25) is 0 Å². The number of ether oxygens (including phenoxy) is 1. The van der Waals surface area contributed by atoms with Crippen molar-refractivity contribution in [2.24, 2.45) is 0 Å². The Balaban J connectivity index is 1.84. The van der Waals surface area contributed by atoms with Gasteiger partial charge in [-0.3, -0.25) is 4.40 Å². The van der Waals surface area contributed by atoms with Gasteiger partial charge in [-0.05, 0) is 64.5 Å². The van der Waals surface area contributed by atoms with Gasteiger partial charge in [-0.15, -0.1) is 0 Å². The molecule has 1 aromatic carbocycles. The maximum absolute atomic E-state index is 5.55. The van der Waals surface area contributed by atoms with Crippen molar-refractivity contribution in [2.45, 2.75) is 0 Å². The zero-order valence-electron chi connectivity index (χ0n) is 12.9. The van der Waals surface area contributed by atoms with E-state index in [0.29, 0.717) is 5.76 Å². The quantitative estimate of drug-likeness (QED) is 0.531. The molecule has 0 spiro atoms. The van der Waals surface area contributed by atoms with Gasteiger partial charge in [0.25, 0.3) is 0 Å². The van der Waals surface area contributed by atoms with E-state index in [1.54, 1.807) is 13.4 Å². The van der Waals surface area contributed by atoms with Crippen LogP contribution >= 0.6 is 15.9 Å². The van der Waals surface area contributed by atoms with Gasteiger partial charge in [-0.2, -0.15) is 0 Å². The first-order chi connectivity index (χ1) is 11.7.